The maximum atomic E-state index is 13.4. The molecule has 0 bridgehead atoms. The van der Waals surface area contributed by atoms with Crippen LogP contribution in [0.3, 0.4) is 0 Å². The Hall–Kier alpha value is -0.600. The van der Waals surface area contributed by atoms with Crippen LogP contribution >= 0.6 is 11.6 Å². The molecule has 1 atom stereocenters. The topological polar surface area (TPSA) is 12.0 Å². The monoisotopic (exact) mass is 299 g/mol. The number of hydrogen-bond donors (Lipinski definition) is 1. The van der Waals surface area contributed by atoms with Gasteiger partial charge in [-0.1, -0.05) is 32.4 Å². The van der Waals surface area contributed by atoms with Crippen molar-refractivity contribution >= 4 is 11.6 Å². The van der Waals surface area contributed by atoms with E-state index in [-0.39, 0.29) is 16.8 Å². The molecular weight excluding hydrogens is 273 g/mol. The predicted octanol–water partition coefficient (Wildman–Crippen LogP) is 5.07. The van der Waals surface area contributed by atoms with E-state index in [4.69, 9.17) is 11.6 Å². The first-order valence-electron chi connectivity index (χ1n) is 7.22. The second kappa shape index (κ2) is 6.44. The Balaban J connectivity index is 2.93. The van der Waals surface area contributed by atoms with Crippen molar-refractivity contribution in [3.8, 4) is 0 Å². The maximum Gasteiger partial charge on any atom is 0.123 e. The standard InChI is InChI=1S/C17H27ClFN/c1-12(2)17(6,11-20-16(3,4)5)10-13-9-14(19)7-8-15(13)18/h7-9,12,20H,10-11H2,1-6H3. The van der Waals surface area contributed by atoms with Crippen LogP contribution in [-0.2, 0) is 6.42 Å². The van der Waals surface area contributed by atoms with Gasteiger partial charge >= 0.3 is 0 Å². The zero-order chi connectivity index (χ0) is 15.6. The van der Waals surface area contributed by atoms with E-state index in [9.17, 15) is 4.39 Å². The van der Waals surface area contributed by atoms with E-state index in [1.807, 2.05) is 0 Å². The van der Waals surface area contributed by atoms with E-state index in [2.05, 4.69) is 46.9 Å². The normalized spacial score (nSPS) is 15.4. The molecule has 1 N–H and O–H groups in total. The van der Waals surface area contributed by atoms with E-state index in [0.717, 1.165) is 18.5 Å². The summed E-state index contributed by atoms with van der Waals surface area (Å²) >= 11 is 6.21. The van der Waals surface area contributed by atoms with Crippen molar-refractivity contribution in [1.29, 1.82) is 0 Å². The Morgan fingerprint density at radius 1 is 1.20 bits per heavy atom. The summed E-state index contributed by atoms with van der Waals surface area (Å²) in [6.07, 6.45) is 0.768. The zero-order valence-corrected chi connectivity index (χ0v) is 14.2. The molecule has 0 aliphatic heterocycles. The molecule has 114 valence electrons. The van der Waals surface area contributed by atoms with Crippen LogP contribution in [0.2, 0.25) is 5.02 Å². The van der Waals surface area contributed by atoms with Gasteiger partial charge in [-0.3, -0.25) is 0 Å². The summed E-state index contributed by atoms with van der Waals surface area (Å²) in [6, 6.07) is 4.61. The van der Waals surface area contributed by atoms with Crippen molar-refractivity contribution < 1.29 is 4.39 Å². The van der Waals surface area contributed by atoms with Gasteiger partial charge in [0.25, 0.3) is 0 Å². The lowest BCUT2D eigenvalue weighted by atomic mass is 9.74. The van der Waals surface area contributed by atoms with Crippen molar-refractivity contribution in [2.75, 3.05) is 6.54 Å². The summed E-state index contributed by atoms with van der Waals surface area (Å²) in [7, 11) is 0. The van der Waals surface area contributed by atoms with Gasteiger partial charge in [-0.2, -0.15) is 0 Å². The Morgan fingerprint density at radius 3 is 2.30 bits per heavy atom. The Kier molecular flexibility index (Phi) is 5.62. The molecule has 0 heterocycles. The molecule has 0 amide bonds. The Morgan fingerprint density at radius 2 is 1.80 bits per heavy atom. The van der Waals surface area contributed by atoms with Crippen LogP contribution in [-0.4, -0.2) is 12.1 Å². The van der Waals surface area contributed by atoms with E-state index in [0.29, 0.717) is 10.9 Å². The van der Waals surface area contributed by atoms with Crippen molar-refractivity contribution in [2.24, 2.45) is 11.3 Å². The molecule has 1 unspecified atom stereocenters. The summed E-state index contributed by atoms with van der Waals surface area (Å²) in [5.74, 6) is 0.246. The number of hydrogen-bond acceptors (Lipinski definition) is 1. The minimum Gasteiger partial charge on any atom is -0.312 e. The lowest BCUT2D eigenvalue weighted by Gasteiger charge is -2.37. The first-order chi connectivity index (χ1) is 9.03. The molecular formula is C17H27ClFN. The largest absolute Gasteiger partial charge is 0.312 e. The molecule has 0 spiro atoms. The van der Waals surface area contributed by atoms with Gasteiger partial charge in [0, 0.05) is 17.1 Å². The number of halogens is 2. The van der Waals surface area contributed by atoms with Crippen LogP contribution in [0.4, 0.5) is 4.39 Å². The molecule has 0 aromatic heterocycles. The molecule has 0 aliphatic carbocycles. The summed E-state index contributed by atoms with van der Waals surface area (Å²) in [6.45, 7) is 14.0. The molecule has 3 heteroatoms. The molecule has 1 nitrogen and oxygen atoms in total. The highest BCUT2D eigenvalue weighted by Gasteiger charge is 2.30. The summed E-state index contributed by atoms with van der Waals surface area (Å²) in [4.78, 5) is 0. The molecule has 1 aromatic carbocycles. The van der Waals surface area contributed by atoms with Crippen molar-refractivity contribution in [1.82, 2.24) is 5.32 Å². The van der Waals surface area contributed by atoms with Crippen LogP contribution in [0.25, 0.3) is 0 Å². The minimum atomic E-state index is -0.223. The molecule has 0 saturated heterocycles. The second-order valence-electron chi connectivity index (χ2n) is 7.32. The van der Waals surface area contributed by atoms with Crippen molar-refractivity contribution in [3.63, 3.8) is 0 Å². The third-order valence-corrected chi connectivity index (χ3v) is 4.39. The van der Waals surface area contributed by atoms with E-state index in [1.54, 1.807) is 12.1 Å². The molecule has 0 fully saturated rings. The maximum absolute atomic E-state index is 13.4. The predicted molar refractivity (Wildman–Crippen MR) is 85.8 cm³/mol. The lowest BCUT2D eigenvalue weighted by molar-refractivity contribution is 0.188. The molecule has 0 saturated carbocycles. The first kappa shape index (κ1) is 17.5. The van der Waals surface area contributed by atoms with Gasteiger partial charge in [0.15, 0.2) is 0 Å². The fourth-order valence-electron chi connectivity index (χ4n) is 2.05. The summed E-state index contributed by atoms with van der Waals surface area (Å²) in [5, 5.41) is 4.21. The Bertz CT molecular complexity index is 451. The van der Waals surface area contributed by atoms with Crippen LogP contribution in [0.15, 0.2) is 18.2 Å². The smallest absolute Gasteiger partial charge is 0.123 e. The van der Waals surface area contributed by atoms with Crippen molar-refractivity contribution in [2.45, 2.75) is 53.5 Å². The molecule has 0 aliphatic rings. The summed E-state index contributed by atoms with van der Waals surface area (Å²) < 4.78 is 13.4. The number of benzene rings is 1. The third kappa shape index (κ3) is 5.06. The molecule has 20 heavy (non-hydrogen) atoms. The fraction of sp³-hybridized carbons (Fsp3) is 0.647. The van der Waals surface area contributed by atoms with Gasteiger partial charge in [-0.15, -0.1) is 0 Å². The highest BCUT2D eigenvalue weighted by atomic mass is 35.5. The average molecular weight is 300 g/mol. The van der Waals surface area contributed by atoms with Gasteiger partial charge in [0.2, 0.25) is 0 Å². The number of nitrogens with one attached hydrogen (secondary N) is 1. The zero-order valence-electron chi connectivity index (χ0n) is 13.5. The van der Waals surface area contributed by atoms with Crippen molar-refractivity contribution in [3.05, 3.63) is 34.6 Å². The van der Waals surface area contributed by atoms with Crippen LogP contribution in [0.1, 0.15) is 47.1 Å². The fourth-order valence-corrected chi connectivity index (χ4v) is 2.24. The molecule has 1 aromatic rings. The van der Waals surface area contributed by atoms with Gasteiger partial charge in [-0.05, 0) is 62.3 Å². The summed E-state index contributed by atoms with van der Waals surface area (Å²) in [5.41, 5.74) is 0.991. The minimum absolute atomic E-state index is 0.0325. The average Bonchev–Trinajstić information content (AvgIpc) is 2.30. The lowest BCUT2D eigenvalue weighted by Crippen LogP contribution is -2.45. The SMILES string of the molecule is CC(C)C(C)(CNC(C)(C)C)Cc1cc(F)ccc1Cl. The quantitative estimate of drug-likeness (QED) is 0.800. The highest BCUT2D eigenvalue weighted by Crippen LogP contribution is 2.33. The van der Waals surface area contributed by atoms with E-state index >= 15 is 0 Å². The molecule has 1 rings (SSSR count). The van der Waals surface area contributed by atoms with Crippen LogP contribution < -0.4 is 5.32 Å². The highest BCUT2D eigenvalue weighted by molar-refractivity contribution is 6.31. The van der Waals surface area contributed by atoms with Gasteiger partial charge < -0.3 is 5.32 Å². The van der Waals surface area contributed by atoms with Crippen LogP contribution in [0.5, 0.6) is 0 Å². The van der Waals surface area contributed by atoms with Gasteiger partial charge in [-0.25, -0.2) is 4.39 Å². The van der Waals surface area contributed by atoms with E-state index in [1.165, 1.54) is 6.07 Å². The van der Waals surface area contributed by atoms with Gasteiger partial charge in [0.1, 0.15) is 5.82 Å². The number of rotatable bonds is 5. The van der Waals surface area contributed by atoms with E-state index < -0.39 is 0 Å². The first-order valence-corrected chi connectivity index (χ1v) is 7.60. The second-order valence-corrected chi connectivity index (χ2v) is 7.73. The molecule has 0 radical (unpaired) electrons. The third-order valence-electron chi connectivity index (χ3n) is 4.02. The van der Waals surface area contributed by atoms with Gasteiger partial charge in [0.05, 0.1) is 0 Å². The Labute approximate surface area is 127 Å². The van der Waals surface area contributed by atoms with Crippen LogP contribution in [0, 0.1) is 17.2 Å².